The minimum absolute atomic E-state index is 0.0658. The summed E-state index contributed by atoms with van der Waals surface area (Å²) < 4.78 is 7.12. The van der Waals surface area contributed by atoms with Crippen LogP contribution in [-0.2, 0) is 0 Å². The van der Waals surface area contributed by atoms with Crippen LogP contribution < -0.4 is 10.2 Å². The van der Waals surface area contributed by atoms with E-state index >= 15 is 0 Å². The lowest BCUT2D eigenvalue weighted by molar-refractivity contribution is 0.415. The third kappa shape index (κ3) is 1.80. The second kappa shape index (κ2) is 4.31. The fraction of sp³-hybridized carbons (Fsp3) is 0.0714. The molecule has 90 valence electrons. The van der Waals surface area contributed by atoms with Gasteiger partial charge in [0, 0.05) is 6.20 Å². The number of ether oxygens (including phenoxy) is 1. The minimum Gasteiger partial charge on any atom is -0.497 e. The van der Waals surface area contributed by atoms with E-state index in [1.165, 1.54) is 0 Å². The number of aromatic nitrogens is 1. The molecule has 0 spiro atoms. The molecule has 4 heteroatoms. The lowest BCUT2D eigenvalue weighted by Gasteiger charge is -2.02. The highest BCUT2D eigenvalue weighted by molar-refractivity contribution is 7.10. The lowest BCUT2D eigenvalue weighted by Crippen LogP contribution is -1.99. The van der Waals surface area contributed by atoms with Crippen LogP contribution in [-0.4, -0.2) is 11.1 Å². The summed E-state index contributed by atoms with van der Waals surface area (Å²) in [6.45, 7) is 0. The Bertz CT molecular complexity index is 697. The van der Waals surface area contributed by atoms with Gasteiger partial charge in [-0.2, -0.15) is 0 Å². The van der Waals surface area contributed by atoms with E-state index in [1.54, 1.807) is 30.8 Å². The van der Waals surface area contributed by atoms with Gasteiger partial charge in [-0.25, -0.2) is 0 Å². The van der Waals surface area contributed by atoms with Crippen LogP contribution in [0.4, 0.5) is 0 Å². The van der Waals surface area contributed by atoms with E-state index in [0.29, 0.717) is 0 Å². The van der Waals surface area contributed by atoms with Gasteiger partial charge in [0.25, 0.3) is 0 Å². The van der Waals surface area contributed by atoms with Crippen LogP contribution in [0.25, 0.3) is 16.1 Å². The van der Waals surface area contributed by atoms with Gasteiger partial charge in [0.15, 0.2) is 5.43 Å². The molecule has 0 bridgehead atoms. The Morgan fingerprint density at radius 3 is 2.56 bits per heavy atom. The number of hydrogen-bond donors (Lipinski definition) is 0. The Balaban J connectivity index is 2.11. The zero-order chi connectivity index (χ0) is 12.5. The Kier molecular flexibility index (Phi) is 2.64. The van der Waals surface area contributed by atoms with E-state index in [2.05, 4.69) is 0 Å². The highest BCUT2D eigenvalue weighted by atomic mass is 32.1. The molecule has 3 nitrogen and oxygen atoms in total. The molecule has 1 aliphatic heterocycles. The largest absolute Gasteiger partial charge is 0.497 e. The molecule has 0 N–H and O–H groups in total. The maximum absolute atomic E-state index is 11.7. The van der Waals surface area contributed by atoms with E-state index in [0.717, 1.165) is 21.9 Å². The van der Waals surface area contributed by atoms with Crippen LogP contribution in [0.15, 0.2) is 53.5 Å². The molecule has 0 saturated carbocycles. The van der Waals surface area contributed by atoms with Crippen molar-refractivity contribution in [1.29, 1.82) is 0 Å². The zero-order valence-corrected chi connectivity index (χ0v) is 10.6. The molecule has 0 unspecified atom stereocenters. The van der Waals surface area contributed by atoms with E-state index in [1.807, 2.05) is 40.5 Å². The van der Waals surface area contributed by atoms with Crippen molar-refractivity contribution in [3.63, 3.8) is 0 Å². The second-order valence-electron chi connectivity index (χ2n) is 3.91. The van der Waals surface area contributed by atoms with Gasteiger partial charge in [0.1, 0.15) is 5.75 Å². The topological polar surface area (TPSA) is 31.2 Å². The van der Waals surface area contributed by atoms with Crippen molar-refractivity contribution in [3.05, 3.63) is 58.9 Å². The summed E-state index contributed by atoms with van der Waals surface area (Å²) in [5, 5.41) is 0. The van der Waals surface area contributed by atoms with Gasteiger partial charge in [-0.1, -0.05) is 17.6 Å². The lowest BCUT2D eigenvalue weighted by atomic mass is 10.2. The van der Waals surface area contributed by atoms with Crippen LogP contribution >= 0.6 is 11.5 Å². The molecular formula is C14H11NO2S. The van der Waals surface area contributed by atoms with Crippen molar-refractivity contribution in [3.8, 4) is 21.9 Å². The van der Waals surface area contributed by atoms with Crippen molar-refractivity contribution in [2.45, 2.75) is 0 Å². The average molecular weight is 257 g/mol. The van der Waals surface area contributed by atoms with E-state index in [-0.39, 0.29) is 5.43 Å². The molecule has 0 radical (unpaired) electrons. The summed E-state index contributed by atoms with van der Waals surface area (Å²) in [5.41, 5.74) is 1.85. The van der Waals surface area contributed by atoms with E-state index in [4.69, 9.17) is 4.74 Å². The van der Waals surface area contributed by atoms with Gasteiger partial charge in [-0.15, -0.1) is 0 Å². The summed E-state index contributed by atoms with van der Waals surface area (Å²) in [4.78, 5) is 12.7. The van der Waals surface area contributed by atoms with Gasteiger partial charge in [-0.3, -0.25) is 8.75 Å². The number of rotatable bonds is 2. The predicted octanol–water partition coefficient (Wildman–Crippen LogP) is 3.01. The number of nitrogens with zero attached hydrogens (tertiary/aromatic N) is 1. The van der Waals surface area contributed by atoms with Crippen LogP contribution in [0.2, 0.25) is 0 Å². The fourth-order valence-corrected chi connectivity index (χ4v) is 2.82. The Morgan fingerprint density at radius 2 is 1.89 bits per heavy atom. The third-order valence-corrected chi connectivity index (χ3v) is 3.86. The number of benzene rings is 2. The smallest absolute Gasteiger partial charge is 0.188 e. The molecule has 1 aliphatic carbocycles. The Labute approximate surface area is 108 Å². The molecule has 1 heterocycles. The summed E-state index contributed by atoms with van der Waals surface area (Å²) in [6.07, 6.45) is 1.88. The highest BCUT2D eigenvalue weighted by Crippen LogP contribution is 2.28. The van der Waals surface area contributed by atoms with Crippen molar-refractivity contribution in [2.75, 3.05) is 7.11 Å². The first-order valence-electron chi connectivity index (χ1n) is 5.54. The van der Waals surface area contributed by atoms with Crippen molar-refractivity contribution in [2.24, 2.45) is 0 Å². The molecule has 1 aromatic carbocycles. The van der Waals surface area contributed by atoms with E-state index < -0.39 is 0 Å². The zero-order valence-electron chi connectivity index (χ0n) is 9.79. The maximum atomic E-state index is 11.7. The Morgan fingerprint density at radius 1 is 1.11 bits per heavy atom. The summed E-state index contributed by atoms with van der Waals surface area (Å²) in [7, 11) is 1.64. The molecule has 0 saturated heterocycles. The molecule has 2 aliphatic rings. The van der Waals surface area contributed by atoms with Crippen molar-refractivity contribution >= 4 is 11.5 Å². The summed E-state index contributed by atoms with van der Waals surface area (Å²) >= 11 is 1.55. The normalized spacial score (nSPS) is 10.7. The SMILES string of the molecule is COc1ccc(-n2cc3c(=O)cccc-3s2)cc1. The standard InChI is InChI=1S/C14H11NO2S/c1-17-11-7-5-10(6-8-11)15-9-12-13(16)3-2-4-14(12)18-15/h2-9H,1H3. The average Bonchev–Trinajstić information content (AvgIpc) is 2.84. The molecule has 0 aromatic heterocycles. The maximum Gasteiger partial charge on any atom is 0.188 e. The molecule has 0 atom stereocenters. The van der Waals surface area contributed by atoms with Gasteiger partial charge in [0.05, 0.1) is 23.2 Å². The predicted molar refractivity (Wildman–Crippen MR) is 73.1 cm³/mol. The molecule has 18 heavy (non-hydrogen) atoms. The van der Waals surface area contributed by atoms with Crippen LogP contribution in [0.5, 0.6) is 5.75 Å². The fourth-order valence-electron chi connectivity index (χ4n) is 1.84. The van der Waals surface area contributed by atoms with Gasteiger partial charge < -0.3 is 4.74 Å². The molecule has 3 rings (SSSR count). The van der Waals surface area contributed by atoms with E-state index in [9.17, 15) is 4.79 Å². The van der Waals surface area contributed by atoms with Crippen molar-refractivity contribution in [1.82, 2.24) is 3.96 Å². The van der Waals surface area contributed by atoms with Crippen LogP contribution in [0.1, 0.15) is 0 Å². The minimum atomic E-state index is 0.0658. The third-order valence-electron chi connectivity index (χ3n) is 2.80. The number of fused-ring (bicyclic) bond motifs is 1. The summed E-state index contributed by atoms with van der Waals surface area (Å²) in [6, 6.07) is 13.1. The van der Waals surface area contributed by atoms with Crippen molar-refractivity contribution < 1.29 is 4.74 Å². The Hall–Kier alpha value is -2.07. The first-order chi connectivity index (χ1) is 8.78. The number of methoxy groups -OCH3 is 1. The quantitative estimate of drug-likeness (QED) is 0.706. The molecular weight excluding hydrogens is 246 g/mol. The van der Waals surface area contributed by atoms with Gasteiger partial charge in [-0.05, 0) is 36.4 Å². The molecule has 0 fully saturated rings. The van der Waals surface area contributed by atoms with Gasteiger partial charge >= 0.3 is 0 Å². The van der Waals surface area contributed by atoms with Crippen LogP contribution in [0, 0.1) is 0 Å². The molecule has 1 aromatic rings. The van der Waals surface area contributed by atoms with Gasteiger partial charge in [0.2, 0.25) is 0 Å². The number of hydrogen-bond acceptors (Lipinski definition) is 3. The second-order valence-corrected chi connectivity index (χ2v) is 4.93. The first-order valence-corrected chi connectivity index (χ1v) is 6.31. The molecule has 0 amide bonds. The van der Waals surface area contributed by atoms with Crippen LogP contribution in [0.3, 0.4) is 0 Å². The summed E-state index contributed by atoms with van der Waals surface area (Å²) in [5.74, 6) is 0.824. The monoisotopic (exact) mass is 257 g/mol. The first kappa shape index (κ1) is 11.0. The highest BCUT2D eigenvalue weighted by Gasteiger charge is 2.10.